The van der Waals surface area contributed by atoms with Crippen molar-refractivity contribution in [2.75, 3.05) is 103 Å². The Balaban J connectivity index is 0.000000199. The molecule has 0 saturated carbocycles. The number of thioether (sulfide) groups is 3. The van der Waals surface area contributed by atoms with Crippen molar-refractivity contribution in [1.82, 2.24) is 89.0 Å². The number of ether oxygens (including phenoxy) is 2. The van der Waals surface area contributed by atoms with E-state index < -0.39 is 77.6 Å². The second-order valence-corrected chi connectivity index (χ2v) is 31.9. The van der Waals surface area contributed by atoms with Crippen molar-refractivity contribution in [3.63, 3.8) is 0 Å². The fraction of sp³-hybridized carbons (Fsp3) is 0.435. The predicted octanol–water partition coefficient (Wildman–Crippen LogP) is 11.0. The number of aromatic nitrogens is 15. The summed E-state index contributed by atoms with van der Waals surface area (Å²) in [6, 6.07) is 9.30. The lowest BCUT2D eigenvalue weighted by atomic mass is 9.95. The van der Waals surface area contributed by atoms with Crippen LogP contribution in [0, 0.1) is 20.8 Å². The third-order valence-corrected chi connectivity index (χ3v) is 22.0. The molecular weight excluding hydrogens is 1800 g/mol. The van der Waals surface area contributed by atoms with Gasteiger partial charge in [0, 0.05) is 54.1 Å². The van der Waals surface area contributed by atoms with Gasteiger partial charge in [-0.25, -0.2) is 24.5 Å². The summed E-state index contributed by atoms with van der Waals surface area (Å²) in [5.41, 5.74) is 11.6. The molecule has 652 valence electrons. The highest BCUT2D eigenvalue weighted by molar-refractivity contribution is 7.98. The Labute approximate surface area is 733 Å². The van der Waals surface area contributed by atoms with Gasteiger partial charge in [-0.2, -0.15) is 44.4 Å². The molecule has 0 unspecified atom stereocenters. The molecule has 13 rings (SSSR count). The van der Waals surface area contributed by atoms with Gasteiger partial charge in [0.25, 0.3) is 11.8 Å². The number of alkyl halides is 6. The maximum absolute atomic E-state index is 13.5. The summed E-state index contributed by atoms with van der Waals surface area (Å²) in [5.74, 6) is -2.34. The Hall–Kier alpha value is -9.34. The molecule has 12 N–H and O–H groups in total. The summed E-state index contributed by atoms with van der Waals surface area (Å²) in [6.07, 6.45) is -2.09. The smallest absolute Gasteiger partial charge is 0.416 e. The number of likely N-dealkylation sites (tertiary alicyclic amines) is 2. The third kappa shape index (κ3) is 27.6. The van der Waals surface area contributed by atoms with E-state index in [1.165, 1.54) is 86.9 Å². The van der Waals surface area contributed by atoms with E-state index in [1.807, 2.05) is 45.4 Å². The number of aryl methyl sites for hydroxylation is 3. The Morgan fingerprint density at radius 1 is 0.545 bits per heavy atom. The van der Waals surface area contributed by atoms with Gasteiger partial charge in [-0.1, -0.05) is 70.1 Å². The van der Waals surface area contributed by atoms with Gasteiger partial charge in [0.15, 0.2) is 34.0 Å². The predicted molar refractivity (Wildman–Crippen MR) is 450 cm³/mol. The standard InChI is InChI=1S/C25H27ClF3N9O3S.C17H21ClF3N3O2.C11H13N5O2S2.C9H10N6OS2.C7H8ClN3O2S.ClH/c1-12-7-19(42-36-12)32-22-20(21(30)40)34-35-24(33-22)37-6-4-18(39)17(11-37)38-5-2-3-16(23(38)41)31-15-9-13(25(27,28)29)8-14(26)10-15;18-11-6-10(17(19,20)21)7-12(8-11)23-13-2-1-5-24(16(13)26)14-9-22-4-3-15(14)25;1-4-18-10(17)8-9(13-11(19-3)15-14-8)12-7-5-6(2)16-20-7;1-4-3-5(18-15-4)11-8-6(7(10)16)13-14-9(12-8)17-2;1-3-13-6(12)4-5(8)9-7(14-2)11-10-4;/h7-10,16-18,31,39H,2-6,11H2,1H3,(H2,30,40)(H,32,33,35);6-8,13-15,22-23,25H,1-5,9H2;5H,4H2,1-3H3,(H,12,13,15);3H,1-2H3,(H2,10,16)(H,11,12,14);3H2,1-2H3;1H/t16-,17+,18+;13-,14+,15+;;;;/m11..../s1. The summed E-state index contributed by atoms with van der Waals surface area (Å²) in [4.78, 5) is 94.2. The van der Waals surface area contributed by atoms with E-state index in [1.54, 1.807) is 36.0 Å². The molecule has 9 aromatic rings. The van der Waals surface area contributed by atoms with Gasteiger partial charge < -0.3 is 77.8 Å². The third-order valence-electron chi connectivity index (χ3n) is 17.3. The highest BCUT2D eigenvalue weighted by Crippen LogP contribution is 2.38. The number of anilines is 9. The second kappa shape index (κ2) is 45.2. The molecule has 121 heavy (non-hydrogen) atoms. The van der Waals surface area contributed by atoms with Crippen LogP contribution in [0.4, 0.5) is 76.1 Å². The lowest BCUT2D eigenvalue weighted by Gasteiger charge is -2.45. The normalized spacial score (nSPS) is 17.7. The number of nitrogens with zero attached hydrogens (tertiary/aromatic N) is 18. The molecule has 0 aliphatic carbocycles. The number of hydrogen-bond acceptors (Lipinski definition) is 38. The summed E-state index contributed by atoms with van der Waals surface area (Å²) in [5, 5.41) is 73.0. The number of primary amides is 2. The van der Waals surface area contributed by atoms with Crippen molar-refractivity contribution in [3.8, 4) is 0 Å². The molecule has 4 aliphatic heterocycles. The van der Waals surface area contributed by atoms with Gasteiger partial charge in [-0.05, 0) is 188 Å². The Morgan fingerprint density at radius 3 is 1.36 bits per heavy atom. The average Bonchev–Trinajstić information content (AvgIpc) is 1.69. The van der Waals surface area contributed by atoms with E-state index in [9.17, 15) is 65.3 Å². The first kappa shape index (κ1) is 97.1. The minimum atomic E-state index is -4.60. The molecule has 0 spiro atoms. The van der Waals surface area contributed by atoms with Crippen molar-refractivity contribution >= 4 is 202 Å². The number of aliphatic hydroxyl groups is 2. The van der Waals surface area contributed by atoms with Crippen molar-refractivity contribution in [1.29, 1.82) is 0 Å². The summed E-state index contributed by atoms with van der Waals surface area (Å²) < 4.78 is 101. The Kier molecular flexibility index (Phi) is 36.2. The van der Waals surface area contributed by atoms with Crippen molar-refractivity contribution in [3.05, 3.63) is 121 Å². The zero-order valence-corrected chi connectivity index (χ0v) is 73.2. The molecule has 0 radical (unpaired) electrons. The van der Waals surface area contributed by atoms with Crippen LogP contribution in [0.1, 0.15) is 123 Å². The van der Waals surface area contributed by atoms with Crippen LogP contribution in [0.3, 0.4) is 0 Å². The molecular formula is C69H80Cl4F6N26O10S6. The van der Waals surface area contributed by atoms with Crippen molar-refractivity contribution < 1.29 is 74.8 Å². The average molecular weight is 1880 g/mol. The number of hydrogen-bond donors (Lipinski definition) is 10. The first-order valence-electron chi connectivity index (χ1n) is 36.1. The number of nitrogens with one attached hydrogen (secondary N) is 6. The van der Waals surface area contributed by atoms with Crippen LogP contribution >= 0.6 is 117 Å². The number of amides is 4. The van der Waals surface area contributed by atoms with Crippen LogP contribution in [0.5, 0.6) is 0 Å². The molecule has 52 heteroatoms. The van der Waals surface area contributed by atoms with E-state index in [-0.39, 0.29) is 118 Å². The minimum Gasteiger partial charge on any atom is -0.461 e. The van der Waals surface area contributed by atoms with Gasteiger partial charge in [-0.15, -0.1) is 53.2 Å². The lowest BCUT2D eigenvalue weighted by molar-refractivity contribution is -0.140. The van der Waals surface area contributed by atoms with Crippen LogP contribution < -0.4 is 48.3 Å². The number of esters is 2. The molecule has 4 aliphatic rings. The van der Waals surface area contributed by atoms with E-state index in [4.69, 9.17) is 55.7 Å². The molecule has 6 atom stereocenters. The first-order valence-corrected chi connectivity index (χ1v) is 43.2. The zero-order valence-electron chi connectivity index (χ0n) is 65.2. The highest BCUT2D eigenvalue weighted by atomic mass is 35.5. The van der Waals surface area contributed by atoms with E-state index in [2.05, 4.69) is 106 Å². The number of aliphatic hydroxyl groups excluding tert-OH is 2. The van der Waals surface area contributed by atoms with Gasteiger partial charge in [0.05, 0.1) is 65.7 Å². The minimum absolute atomic E-state index is 0. The molecule has 0 bridgehead atoms. The molecule has 4 fully saturated rings. The lowest BCUT2D eigenvalue weighted by Crippen LogP contribution is -2.61. The first-order chi connectivity index (χ1) is 57.1. The van der Waals surface area contributed by atoms with Crippen LogP contribution in [0.15, 0.2) is 70.1 Å². The van der Waals surface area contributed by atoms with Crippen molar-refractivity contribution in [2.24, 2.45) is 11.5 Å². The number of piperidine rings is 4. The summed E-state index contributed by atoms with van der Waals surface area (Å²) >= 11 is 25.1. The van der Waals surface area contributed by atoms with Gasteiger partial charge in [0.1, 0.15) is 27.1 Å². The van der Waals surface area contributed by atoms with Crippen LogP contribution in [-0.2, 0) is 31.4 Å². The quantitative estimate of drug-likeness (QED) is 0.0171. The number of nitrogens with two attached hydrogens (primary N) is 2. The summed E-state index contributed by atoms with van der Waals surface area (Å²) in [6.45, 7) is 12.1. The van der Waals surface area contributed by atoms with Gasteiger partial charge in [-0.3, -0.25) is 19.2 Å². The number of carbonyl (C=O) groups excluding carboxylic acids is 6. The summed E-state index contributed by atoms with van der Waals surface area (Å²) in [7, 11) is 0. The van der Waals surface area contributed by atoms with E-state index in [0.717, 1.165) is 51.3 Å². The topological polar surface area (TPSA) is 489 Å². The van der Waals surface area contributed by atoms with E-state index in [0.29, 0.717) is 96.9 Å². The number of carbonyl (C=O) groups is 6. The molecule has 4 saturated heterocycles. The second-order valence-electron chi connectivity index (χ2n) is 26.0. The van der Waals surface area contributed by atoms with Gasteiger partial charge in [0.2, 0.25) is 44.6 Å². The highest BCUT2D eigenvalue weighted by Gasteiger charge is 2.42. The fourth-order valence-corrected chi connectivity index (χ4v) is 15.5. The molecule has 7 aromatic heterocycles. The van der Waals surface area contributed by atoms with Crippen molar-refractivity contribution in [2.45, 2.75) is 137 Å². The largest absolute Gasteiger partial charge is 0.461 e. The molecule has 2 aromatic carbocycles. The SMILES string of the molecule is CCOC(=O)c1nnc(SC)nc1Cl.CCOC(=O)c1nnc(SC)nc1Nc1cc(C)ns1.CSc1nnc(C(N)=O)c(Nc2cc(C)ns2)n1.Cc1cc(Nc2nc(N3CC[C@H](O)[C@@H](N4CCC[C@@H](Nc5cc(Cl)cc(C(F)(F)F)c5)C4=O)C3)nnc2C(N)=O)sn1.Cl.O=C1[C@H](Nc2cc(Cl)cc(C(F)(F)F)c2)CCCN1[C@H]1CNCC[C@@H]1O. The number of halogens is 10. The van der Waals surface area contributed by atoms with Crippen LogP contribution in [0.25, 0.3) is 0 Å². The maximum atomic E-state index is 13.5. The molecule has 36 nitrogen and oxygen atoms in total. The maximum Gasteiger partial charge on any atom is 0.416 e. The fourth-order valence-electron chi connectivity index (χ4n) is 11.9. The Bertz CT molecular complexity index is 5080. The number of benzene rings is 2. The molecule has 11 heterocycles. The van der Waals surface area contributed by atoms with E-state index >= 15 is 0 Å². The van der Waals surface area contributed by atoms with Crippen LogP contribution in [-0.4, -0.2) is 237 Å². The monoisotopic (exact) mass is 1880 g/mol. The van der Waals surface area contributed by atoms with Crippen LogP contribution in [0.2, 0.25) is 15.2 Å². The number of rotatable bonds is 22. The molecule has 4 amide bonds. The Morgan fingerprint density at radius 2 is 0.950 bits per heavy atom. The van der Waals surface area contributed by atoms with Gasteiger partial charge >= 0.3 is 24.3 Å². The zero-order chi connectivity index (χ0) is 87.3.